The molecule has 0 fully saturated rings. The molecule has 138 valence electrons. The van der Waals surface area contributed by atoms with E-state index in [0.717, 1.165) is 26.4 Å². The van der Waals surface area contributed by atoms with Crippen LogP contribution in [-0.2, 0) is 19.5 Å². The second-order valence-electron chi connectivity index (χ2n) is 4.92. The summed E-state index contributed by atoms with van der Waals surface area (Å²) in [6.45, 7) is 0. The van der Waals surface area contributed by atoms with Gasteiger partial charge in [-0.3, -0.25) is 4.72 Å². The van der Waals surface area contributed by atoms with Crippen molar-refractivity contribution in [2.24, 2.45) is 0 Å². The fourth-order valence-electron chi connectivity index (χ4n) is 2.04. The molecule has 0 aliphatic heterocycles. The molecule has 2 aromatic carbocycles. The molecule has 0 radical (unpaired) electrons. The van der Waals surface area contributed by atoms with Gasteiger partial charge in [-0.15, -0.1) is 0 Å². The fourth-order valence-corrected chi connectivity index (χ4v) is 3.73. The molecule has 2 rings (SSSR count). The minimum Gasteiger partial charge on any atom is -0.465 e. The van der Waals surface area contributed by atoms with Crippen molar-refractivity contribution in [1.82, 2.24) is 0 Å². The Hall–Kier alpha value is -2.29. The van der Waals surface area contributed by atoms with Crippen molar-refractivity contribution in [3.63, 3.8) is 0 Å². The van der Waals surface area contributed by atoms with Crippen LogP contribution in [0.4, 0.5) is 5.69 Å². The molecular weight excluding hydrogens is 405 g/mol. The number of anilines is 1. The van der Waals surface area contributed by atoms with Crippen LogP contribution in [0, 0.1) is 0 Å². The summed E-state index contributed by atoms with van der Waals surface area (Å²) in [6, 6.07) is 7.63. The number of carbonyl (C=O) groups excluding carboxylic acids is 2. The zero-order valence-electron chi connectivity index (χ0n) is 13.6. The number of ether oxygens (including phenoxy) is 2. The summed E-state index contributed by atoms with van der Waals surface area (Å²) in [5, 5.41) is 0.352. The molecule has 0 amide bonds. The van der Waals surface area contributed by atoms with Crippen LogP contribution in [0.1, 0.15) is 20.7 Å². The van der Waals surface area contributed by atoms with Gasteiger partial charge >= 0.3 is 11.9 Å². The van der Waals surface area contributed by atoms with Crippen LogP contribution >= 0.6 is 23.2 Å². The molecule has 2 aromatic rings. The summed E-state index contributed by atoms with van der Waals surface area (Å²) in [6.07, 6.45) is 0. The van der Waals surface area contributed by atoms with Gasteiger partial charge in [-0.25, -0.2) is 18.0 Å². The van der Waals surface area contributed by atoms with Gasteiger partial charge in [0, 0.05) is 5.02 Å². The van der Waals surface area contributed by atoms with E-state index in [0.29, 0.717) is 0 Å². The highest BCUT2D eigenvalue weighted by Gasteiger charge is 2.26. The first-order valence-corrected chi connectivity index (χ1v) is 9.22. The summed E-state index contributed by atoms with van der Waals surface area (Å²) >= 11 is 11.8. The Bertz CT molecular complexity index is 975. The largest absolute Gasteiger partial charge is 0.465 e. The molecule has 0 heterocycles. The summed E-state index contributed by atoms with van der Waals surface area (Å²) in [5.41, 5.74) is -0.304. The lowest BCUT2D eigenvalue weighted by molar-refractivity contribution is 0.0583. The molecule has 0 saturated heterocycles. The fraction of sp³-hybridized carbons (Fsp3) is 0.125. The van der Waals surface area contributed by atoms with E-state index < -0.39 is 26.9 Å². The first-order valence-electron chi connectivity index (χ1n) is 6.98. The first-order chi connectivity index (χ1) is 12.2. The predicted molar refractivity (Wildman–Crippen MR) is 96.4 cm³/mol. The van der Waals surface area contributed by atoms with E-state index in [-0.39, 0.29) is 26.9 Å². The number of benzene rings is 2. The van der Waals surface area contributed by atoms with Gasteiger partial charge in [0.05, 0.1) is 36.1 Å². The van der Waals surface area contributed by atoms with Crippen molar-refractivity contribution >= 4 is 50.9 Å². The van der Waals surface area contributed by atoms with E-state index in [1.807, 2.05) is 0 Å². The number of carbonyl (C=O) groups is 2. The maximum atomic E-state index is 12.8. The number of hydrogen-bond acceptors (Lipinski definition) is 6. The van der Waals surface area contributed by atoms with Gasteiger partial charge in [0.1, 0.15) is 4.90 Å². The minimum absolute atomic E-state index is 0.0125. The van der Waals surface area contributed by atoms with Gasteiger partial charge in [-0.2, -0.15) is 0 Å². The normalized spacial score (nSPS) is 10.9. The van der Waals surface area contributed by atoms with Crippen molar-refractivity contribution in [2.75, 3.05) is 18.9 Å². The Morgan fingerprint density at radius 1 is 0.962 bits per heavy atom. The monoisotopic (exact) mass is 417 g/mol. The zero-order valence-corrected chi connectivity index (χ0v) is 15.9. The number of halogens is 2. The lowest BCUT2D eigenvalue weighted by Crippen LogP contribution is -2.19. The molecule has 0 aliphatic rings. The molecule has 0 aromatic heterocycles. The highest BCUT2D eigenvalue weighted by molar-refractivity contribution is 7.92. The third-order valence-electron chi connectivity index (χ3n) is 3.27. The van der Waals surface area contributed by atoms with Crippen LogP contribution in [0.2, 0.25) is 10.0 Å². The zero-order chi connectivity index (χ0) is 19.5. The van der Waals surface area contributed by atoms with Crippen molar-refractivity contribution in [1.29, 1.82) is 0 Å². The Labute approximate surface area is 159 Å². The lowest BCUT2D eigenvalue weighted by Gasteiger charge is -2.13. The number of rotatable bonds is 5. The van der Waals surface area contributed by atoms with Crippen molar-refractivity contribution in [2.45, 2.75) is 4.90 Å². The number of sulfonamides is 1. The third kappa shape index (κ3) is 4.27. The topological polar surface area (TPSA) is 98.8 Å². The highest BCUT2D eigenvalue weighted by atomic mass is 35.5. The average molecular weight is 418 g/mol. The van der Waals surface area contributed by atoms with Gasteiger partial charge in [0.15, 0.2) is 0 Å². The molecule has 26 heavy (non-hydrogen) atoms. The minimum atomic E-state index is -4.30. The van der Waals surface area contributed by atoms with Crippen LogP contribution in [0.15, 0.2) is 41.3 Å². The number of nitrogens with one attached hydrogen (secondary N) is 1. The van der Waals surface area contributed by atoms with Gasteiger partial charge in [-0.1, -0.05) is 23.2 Å². The second kappa shape index (κ2) is 7.94. The lowest BCUT2D eigenvalue weighted by atomic mass is 10.1. The van der Waals surface area contributed by atoms with Gasteiger partial charge in [-0.05, 0) is 36.4 Å². The Morgan fingerprint density at radius 2 is 1.62 bits per heavy atom. The molecular formula is C16H13Cl2NO6S. The summed E-state index contributed by atoms with van der Waals surface area (Å²) in [4.78, 5) is 23.2. The Balaban J connectivity index is 2.60. The van der Waals surface area contributed by atoms with E-state index in [2.05, 4.69) is 14.2 Å². The number of esters is 2. The maximum Gasteiger partial charge on any atom is 0.339 e. The van der Waals surface area contributed by atoms with Gasteiger partial charge in [0.25, 0.3) is 10.0 Å². The second-order valence-corrected chi connectivity index (χ2v) is 7.42. The maximum absolute atomic E-state index is 12.8. The first kappa shape index (κ1) is 20.0. The molecule has 0 spiro atoms. The molecule has 1 N–H and O–H groups in total. The quantitative estimate of drug-likeness (QED) is 0.748. The van der Waals surface area contributed by atoms with E-state index >= 15 is 0 Å². The number of hydrogen-bond donors (Lipinski definition) is 1. The van der Waals surface area contributed by atoms with Crippen LogP contribution in [-0.4, -0.2) is 34.6 Å². The Kier molecular flexibility index (Phi) is 6.12. The third-order valence-corrected chi connectivity index (χ3v) is 5.24. The molecule has 0 atom stereocenters. The SMILES string of the molecule is COC(=O)c1ccc(C(=O)OC)c(S(=O)(=O)Nc2cc(Cl)ccc2Cl)c1. The van der Waals surface area contributed by atoms with Crippen LogP contribution in [0.25, 0.3) is 0 Å². The standard InChI is InChI=1S/C16H13Cl2NO6S/c1-24-15(20)9-3-5-11(16(21)25-2)14(7-9)26(22,23)19-13-8-10(17)4-6-12(13)18/h3-8,19H,1-2H3. The van der Waals surface area contributed by atoms with E-state index in [4.69, 9.17) is 23.2 Å². The van der Waals surface area contributed by atoms with Crippen LogP contribution in [0.3, 0.4) is 0 Å². The van der Waals surface area contributed by atoms with Crippen LogP contribution in [0.5, 0.6) is 0 Å². The van der Waals surface area contributed by atoms with E-state index in [1.54, 1.807) is 0 Å². The molecule has 10 heteroatoms. The Morgan fingerprint density at radius 3 is 2.23 bits per heavy atom. The van der Waals surface area contributed by atoms with Gasteiger partial charge < -0.3 is 9.47 Å². The predicted octanol–water partition coefficient (Wildman–Crippen LogP) is 3.37. The highest BCUT2D eigenvalue weighted by Crippen LogP contribution is 2.29. The molecule has 0 saturated carbocycles. The molecule has 7 nitrogen and oxygen atoms in total. The van der Waals surface area contributed by atoms with E-state index in [1.165, 1.54) is 24.3 Å². The summed E-state index contributed by atoms with van der Waals surface area (Å²) in [7, 11) is -2.05. The summed E-state index contributed by atoms with van der Waals surface area (Å²) < 4.78 is 37.0. The van der Waals surface area contributed by atoms with Crippen LogP contribution < -0.4 is 4.72 Å². The molecule has 0 bridgehead atoms. The van der Waals surface area contributed by atoms with Crippen molar-refractivity contribution in [3.05, 3.63) is 57.6 Å². The molecule has 0 aliphatic carbocycles. The smallest absolute Gasteiger partial charge is 0.339 e. The summed E-state index contributed by atoms with van der Waals surface area (Å²) in [5.74, 6) is -1.65. The number of methoxy groups -OCH3 is 2. The average Bonchev–Trinajstić information content (AvgIpc) is 2.62. The van der Waals surface area contributed by atoms with Gasteiger partial charge in [0.2, 0.25) is 0 Å². The van der Waals surface area contributed by atoms with Crippen molar-refractivity contribution in [3.8, 4) is 0 Å². The van der Waals surface area contributed by atoms with Crippen molar-refractivity contribution < 1.29 is 27.5 Å². The molecule has 0 unspecified atom stereocenters. The van der Waals surface area contributed by atoms with E-state index in [9.17, 15) is 18.0 Å².